The Hall–Kier alpha value is -1.84. The maximum atomic E-state index is 15.2. The summed E-state index contributed by atoms with van der Waals surface area (Å²) in [7, 11) is -5.19. The van der Waals surface area contributed by atoms with Crippen molar-refractivity contribution in [2.24, 2.45) is 0 Å². The number of alkyl halides is 17. The molecule has 0 aromatic heterocycles. The summed E-state index contributed by atoms with van der Waals surface area (Å²) in [5.41, 5.74) is -3.22. The van der Waals surface area contributed by atoms with Gasteiger partial charge in [-0.25, -0.2) is 0 Å². The van der Waals surface area contributed by atoms with E-state index in [9.17, 15) is 65.9 Å². The van der Waals surface area contributed by atoms with E-state index in [2.05, 4.69) is 0 Å². The van der Waals surface area contributed by atoms with Crippen molar-refractivity contribution in [2.75, 3.05) is 0 Å². The Kier molecular flexibility index (Phi) is 9.46. The lowest BCUT2D eigenvalue weighted by atomic mass is 9.85. The van der Waals surface area contributed by atoms with Crippen molar-refractivity contribution in [1.29, 1.82) is 0 Å². The predicted octanol–water partition coefficient (Wildman–Crippen LogP) is 8.36. The van der Waals surface area contributed by atoms with E-state index in [0.717, 1.165) is 18.2 Å². The van der Waals surface area contributed by atoms with Crippen LogP contribution in [0.1, 0.15) is 12.5 Å². The Morgan fingerprint density at radius 3 is 1.27 bits per heavy atom. The number of hydrogen-bond donors (Lipinski definition) is 0. The van der Waals surface area contributed by atoms with Crippen LogP contribution in [0.25, 0.3) is 5.57 Å². The second-order valence-corrected chi connectivity index (χ2v) is 16.2. The van der Waals surface area contributed by atoms with E-state index in [4.69, 9.17) is 4.12 Å². The predicted molar refractivity (Wildman–Crippen MR) is 113 cm³/mol. The van der Waals surface area contributed by atoms with Gasteiger partial charge in [0.05, 0.1) is 0 Å². The van der Waals surface area contributed by atoms with Crippen LogP contribution >= 0.6 is 0 Å². The Balaban J connectivity index is 3.92. The number of allylic oxidation sites excluding steroid dienone is 2. The average molecular weight is 655 g/mol. The van der Waals surface area contributed by atoms with Gasteiger partial charge in [-0.1, -0.05) is 35.5 Å². The molecule has 40 heavy (non-hydrogen) atoms. The van der Waals surface area contributed by atoms with Crippen LogP contribution in [-0.4, -0.2) is 65.7 Å². The molecule has 0 atom stereocenters. The molecule has 20 heteroatoms. The summed E-state index contributed by atoms with van der Waals surface area (Å²) < 4.78 is 239. The van der Waals surface area contributed by atoms with E-state index in [0.29, 0.717) is 19.1 Å². The standard InChI is InChI=1S/C20H19F17OSi2/c1-10(39-38-40(2,3)4)12(11-8-6-5-7-9-11)13(21,22)14(23,24)15(25,26)16(27,28)17(29,30)18(31,32)19(33,34)20(35,36)37/h5-9H,39H2,1-4H3. The van der Waals surface area contributed by atoms with Gasteiger partial charge >= 0.3 is 47.6 Å². The SMILES string of the molecule is CC([SiH2]O[Si](C)(C)C)=C(c1ccccc1)C(F)(F)C(F)(F)C(F)(F)C(F)(F)C(F)(F)C(F)(F)C(F)(F)C(F)(F)F. The first-order chi connectivity index (χ1) is 17.4. The molecule has 0 heterocycles. The second kappa shape index (κ2) is 10.5. The van der Waals surface area contributed by atoms with E-state index in [1.54, 1.807) is 0 Å². The van der Waals surface area contributed by atoms with Gasteiger partial charge in [0.1, 0.15) is 0 Å². The molecule has 1 nitrogen and oxygen atoms in total. The average Bonchev–Trinajstić information content (AvgIpc) is 2.76. The van der Waals surface area contributed by atoms with E-state index in [1.165, 1.54) is 19.6 Å². The van der Waals surface area contributed by atoms with Crippen LogP contribution in [0, 0.1) is 0 Å². The molecule has 0 aliphatic heterocycles. The van der Waals surface area contributed by atoms with E-state index < -0.39 is 82.0 Å². The lowest BCUT2D eigenvalue weighted by molar-refractivity contribution is -0.459. The molecule has 0 radical (unpaired) electrons. The van der Waals surface area contributed by atoms with Gasteiger partial charge in [0.2, 0.25) is 0 Å². The van der Waals surface area contributed by atoms with Gasteiger partial charge in [-0.3, -0.25) is 0 Å². The van der Waals surface area contributed by atoms with Crippen molar-refractivity contribution in [3.8, 4) is 0 Å². The van der Waals surface area contributed by atoms with Crippen molar-refractivity contribution in [2.45, 2.75) is 74.2 Å². The normalized spacial score (nSPS) is 16.5. The van der Waals surface area contributed by atoms with E-state index >= 15 is 8.78 Å². The topological polar surface area (TPSA) is 9.23 Å². The largest absolute Gasteiger partial charge is 0.460 e. The molecule has 0 aliphatic rings. The van der Waals surface area contributed by atoms with Gasteiger partial charge in [-0.05, 0) is 32.1 Å². The Bertz CT molecular complexity index is 1070. The minimum Gasteiger partial charge on any atom is -0.457 e. The lowest BCUT2D eigenvalue weighted by Crippen LogP contribution is -2.74. The van der Waals surface area contributed by atoms with Gasteiger partial charge in [0.25, 0.3) is 0 Å². The zero-order valence-corrected chi connectivity index (χ0v) is 22.8. The smallest absolute Gasteiger partial charge is 0.457 e. The van der Waals surface area contributed by atoms with Crippen molar-refractivity contribution in [3.05, 3.63) is 41.1 Å². The zero-order valence-electron chi connectivity index (χ0n) is 20.4. The van der Waals surface area contributed by atoms with Crippen LogP contribution in [-0.2, 0) is 4.12 Å². The third kappa shape index (κ3) is 5.62. The molecule has 1 aromatic carbocycles. The summed E-state index contributed by atoms with van der Waals surface area (Å²) in [6.45, 7) is 5.03. The number of halogens is 17. The quantitative estimate of drug-likeness (QED) is 0.172. The first-order valence-corrected chi connectivity index (χ1v) is 15.2. The molecular formula is C20H19F17OSi2. The maximum absolute atomic E-state index is 15.2. The Morgan fingerprint density at radius 1 is 0.575 bits per heavy atom. The highest BCUT2D eigenvalue weighted by molar-refractivity contribution is 6.74. The van der Waals surface area contributed by atoms with Crippen molar-refractivity contribution in [1.82, 2.24) is 0 Å². The zero-order chi connectivity index (χ0) is 32.2. The van der Waals surface area contributed by atoms with Crippen LogP contribution in [0.2, 0.25) is 19.6 Å². The highest BCUT2D eigenvalue weighted by atomic mass is 28.4. The number of rotatable bonds is 11. The fourth-order valence-corrected chi connectivity index (χ4v) is 6.19. The summed E-state index contributed by atoms with van der Waals surface area (Å²) in [5.74, 6) is -56.8. The molecule has 1 rings (SSSR count). The molecule has 0 aliphatic carbocycles. The highest BCUT2D eigenvalue weighted by Crippen LogP contribution is 2.65. The first kappa shape index (κ1) is 36.2. The van der Waals surface area contributed by atoms with Gasteiger partial charge in [-0.2, -0.15) is 74.6 Å². The van der Waals surface area contributed by atoms with Gasteiger partial charge < -0.3 is 4.12 Å². The van der Waals surface area contributed by atoms with E-state index in [-0.39, 0.29) is 0 Å². The number of hydrogen-bond acceptors (Lipinski definition) is 1. The van der Waals surface area contributed by atoms with E-state index in [1.807, 2.05) is 0 Å². The van der Waals surface area contributed by atoms with Crippen LogP contribution in [0.15, 0.2) is 35.5 Å². The molecule has 0 unspecified atom stereocenters. The molecule has 0 N–H and O–H groups in total. The van der Waals surface area contributed by atoms with Crippen LogP contribution < -0.4 is 0 Å². The third-order valence-corrected chi connectivity index (χ3v) is 10.1. The molecule has 0 amide bonds. The third-order valence-electron chi connectivity index (χ3n) is 5.25. The molecular weight excluding hydrogens is 635 g/mol. The van der Waals surface area contributed by atoms with Crippen LogP contribution in [0.5, 0.6) is 0 Å². The first-order valence-electron chi connectivity index (χ1n) is 10.5. The monoisotopic (exact) mass is 654 g/mol. The molecule has 1 aromatic rings. The lowest BCUT2D eigenvalue weighted by Gasteiger charge is -2.43. The molecule has 0 bridgehead atoms. The van der Waals surface area contributed by atoms with Crippen LogP contribution in [0.3, 0.4) is 0 Å². The van der Waals surface area contributed by atoms with Crippen LogP contribution in [0.4, 0.5) is 74.6 Å². The van der Waals surface area contributed by atoms with Gasteiger partial charge in [0, 0.05) is 5.57 Å². The molecule has 0 fully saturated rings. The second-order valence-electron chi connectivity index (χ2n) is 9.44. The van der Waals surface area contributed by atoms with Crippen molar-refractivity contribution in [3.63, 3.8) is 0 Å². The summed E-state index contributed by atoms with van der Waals surface area (Å²) in [5, 5.41) is -0.918. The van der Waals surface area contributed by atoms with Gasteiger partial charge in [0.15, 0.2) is 18.1 Å². The molecule has 232 valence electrons. The minimum atomic E-state index is -8.66. The highest BCUT2D eigenvalue weighted by Gasteiger charge is 2.95. The summed E-state index contributed by atoms with van der Waals surface area (Å²) in [6.07, 6.45) is -7.79. The minimum absolute atomic E-state index is 0.578. The van der Waals surface area contributed by atoms with Gasteiger partial charge in [-0.15, -0.1) is 0 Å². The Morgan fingerprint density at radius 2 is 0.925 bits per heavy atom. The fourth-order valence-electron chi connectivity index (χ4n) is 3.02. The summed E-state index contributed by atoms with van der Waals surface area (Å²) in [6, 6.07) is 4.00. The number of benzene rings is 1. The molecule has 0 saturated carbocycles. The summed E-state index contributed by atoms with van der Waals surface area (Å²) in [4.78, 5) is 0. The van der Waals surface area contributed by atoms with Crippen molar-refractivity contribution >= 4 is 23.7 Å². The Labute approximate surface area is 218 Å². The fraction of sp³-hybridized carbons (Fsp3) is 0.600. The molecule has 0 saturated heterocycles. The maximum Gasteiger partial charge on any atom is 0.460 e. The molecule has 0 spiro atoms. The van der Waals surface area contributed by atoms with Crippen molar-refractivity contribution < 1.29 is 78.8 Å². The summed E-state index contributed by atoms with van der Waals surface area (Å²) >= 11 is 0.